The van der Waals surface area contributed by atoms with Crippen LogP contribution >= 0.6 is 0 Å². The molecule has 6 heteroatoms. The van der Waals surface area contributed by atoms with Gasteiger partial charge in [0.1, 0.15) is 5.69 Å². The lowest BCUT2D eigenvalue weighted by atomic mass is 10.0. The molecule has 1 fully saturated rings. The summed E-state index contributed by atoms with van der Waals surface area (Å²) >= 11 is 0. The summed E-state index contributed by atoms with van der Waals surface area (Å²) in [6.07, 6.45) is 2.52. The summed E-state index contributed by atoms with van der Waals surface area (Å²) in [5.41, 5.74) is 1.53. The Morgan fingerprint density at radius 2 is 2.25 bits per heavy atom. The number of likely N-dealkylation sites (tertiary alicyclic amines) is 1. The molecule has 0 aliphatic carbocycles. The van der Waals surface area contributed by atoms with Gasteiger partial charge < -0.3 is 10.0 Å². The van der Waals surface area contributed by atoms with Crippen LogP contribution in [0.3, 0.4) is 0 Å². The highest BCUT2D eigenvalue weighted by atomic mass is 16.4. The summed E-state index contributed by atoms with van der Waals surface area (Å²) in [6, 6.07) is 1.84. The summed E-state index contributed by atoms with van der Waals surface area (Å²) in [7, 11) is 1.78. The van der Waals surface area contributed by atoms with E-state index in [0.717, 1.165) is 18.5 Å². The van der Waals surface area contributed by atoms with Crippen molar-refractivity contribution in [2.75, 3.05) is 13.1 Å². The van der Waals surface area contributed by atoms with Crippen molar-refractivity contribution in [3.63, 3.8) is 0 Å². The van der Waals surface area contributed by atoms with Gasteiger partial charge in [-0.2, -0.15) is 5.10 Å². The average molecular weight is 279 g/mol. The van der Waals surface area contributed by atoms with Gasteiger partial charge in [-0.25, -0.2) is 0 Å². The minimum atomic E-state index is -0.769. The molecule has 1 N–H and O–H groups in total. The van der Waals surface area contributed by atoms with Gasteiger partial charge in [-0.15, -0.1) is 0 Å². The molecule has 1 aromatic rings. The van der Waals surface area contributed by atoms with Crippen LogP contribution < -0.4 is 0 Å². The van der Waals surface area contributed by atoms with Crippen LogP contribution in [0.1, 0.15) is 42.4 Å². The van der Waals surface area contributed by atoms with Gasteiger partial charge in [0.2, 0.25) is 0 Å². The molecule has 2 rings (SSSR count). The Morgan fingerprint density at radius 3 is 2.85 bits per heavy atom. The number of aryl methyl sites for hydroxylation is 2. The number of carbonyl (C=O) groups excluding carboxylic acids is 1. The number of carboxylic acids is 1. The van der Waals surface area contributed by atoms with Crippen LogP contribution in [0, 0.1) is 5.92 Å². The Morgan fingerprint density at radius 1 is 1.50 bits per heavy atom. The van der Waals surface area contributed by atoms with Crippen molar-refractivity contribution in [3.05, 3.63) is 17.5 Å². The number of carbonyl (C=O) groups is 2. The predicted molar refractivity (Wildman–Crippen MR) is 73.5 cm³/mol. The van der Waals surface area contributed by atoms with Crippen LogP contribution in [-0.2, 0) is 18.3 Å². The van der Waals surface area contributed by atoms with Crippen molar-refractivity contribution in [1.29, 1.82) is 0 Å². The summed E-state index contributed by atoms with van der Waals surface area (Å²) in [5, 5.41) is 13.0. The highest BCUT2D eigenvalue weighted by Gasteiger charge is 2.28. The molecule has 110 valence electrons. The summed E-state index contributed by atoms with van der Waals surface area (Å²) in [4.78, 5) is 24.8. The highest BCUT2D eigenvalue weighted by molar-refractivity contribution is 5.92. The van der Waals surface area contributed by atoms with Crippen molar-refractivity contribution in [3.8, 4) is 0 Å². The number of nitrogens with zero attached hydrogens (tertiary/aromatic N) is 3. The first-order valence-corrected chi connectivity index (χ1v) is 7.05. The molecular weight excluding hydrogens is 258 g/mol. The average Bonchev–Trinajstić information content (AvgIpc) is 3.02. The van der Waals surface area contributed by atoms with E-state index in [1.54, 1.807) is 11.7 Å². The van der Waals surface area contributed by atoms with Gasteiger partial charge in [0.25, 0.3) is 5.91 Å². The third-order valence-corrected chi connectivity index (χ3v) is 3.85. The number of carboxylic acid groups (broad SMARTS) is 1. The lowest BCUT2D eigenvalue weighted by Crippen LogP contribution is -2.30. The maximum Gasteiger partial charge on any atom is 0.303 e. The Labute approximate surface area is 118 Å². The van der Waals surface area contributed by atoms with Crippen LogP contribution in [-0.4, -0.2) is 44.8 Å². The van der Waals surface area contributed by atoms with E-state index in [2.05, 4.69) is 5.10 Å². The van der Waals surface area contributed by atoms with Crippen molar-refractivity contribution in [2.45, 2.75) is 32.6 Å². The van der Waals surface area contributed by atoms with Gasteiger partial charge in [0.05, 0.1) is 5.69 Å². The quantitative estimate of drug-likeness (QED) is 0.881. The fourth-order valence-electron chi connectivity index (χ4n) is 2.64. The van der Waals surface area contributed by atoms with Gasteiger partial charge in [0.15, 0.2) is 0 Å². The molecule has 0 spiro atoms. The number of hydrogen-bond donors (Lipinski definition) is 1. The molecule has 20 heavy (non-hydrogen) atoms. The topological polar surface area (TPSA) is 75.4 Å². The van der Waals surface area contributed by atoms with E-state index in [0.29, 0.717) is 31.1 Å². The van der Waals surface area contributed by atoms with E-state index < -0.39 is 5.97 Å². The van der Waals surface area contributed by atoms with Crippen LogP contribution in [0.5, 0.6) is 0 Å². The third-order valence-electron chi connectivity index (χ3n) is 3.85. The van der Waals surface area contributed by atoms with Crippen LogP contribution in [0.2, 0.25) is 0 Å². The van der Waals surface area contributed by atoms with E-state index in [1.807, 2.05) is 17.9 Å². The SMILES string of the molecule is CCc1cc(C(=O)N2CCC(CCC(=O)O)C2)n(C)n1. The zero-order valence-electron chi connectivity index (χ0n) is 12.0. The standard InChI is InChI=1S/C14H21N3O3/c1-3-11-8-12(16(2)15-11)14(20)17-7-6-10(9-17)4-5-13(18)19/h8,10H,3-7,9H2,1-2H3,(H,18,19). The van der Waals surface area contributed by atoms with Crippen molar-refractivity contribution < 1.29 is 14.7 Å². The molecule has 1 aliphatic rings. The summed E-state index contributed by atoms with van der Waals surface area (Å²) in [6.45, 7) is 3.36. The molecule has 1 atom stereocenters. The molecule has 1 unspecified atom stereocenters. The second-order valence-electron chi connectivity index (χ2n) is 5.34. The Hall–Kier alpha value is -1.85. The van der Waals surface area contributed by atoms with Gasteiger partial charge in [-0.1, -0.05) is 6.92 Å². The first kappa shape index (κ1) is 14.6. The minimum absolute atomic E-state index is 0.00229. The number of amides is 1. The second kappa shape index (κ2) is 6.07. The van der Waals surface area contributed by atoms with Crippen molar-refractivity contribution >= 4 is 11.9 Å². The predicted octanol–water partition coefficient (Wildman–Crippen LogP) is 1.31. The molecular formula is C14H21N3O3. The fourth-order valence-corrected chi connectivity index (χ4v) is 2.64. The fraction of sp³-hybridized carbons (Fsp3) is 0.643. The summed E-state index contributed by atoms with van der Waals surface area (Å²) in [5.74, 6) is -0.472. The molecule has 0 bridgehead atoms. The first-order chi connectivity index (χ1) is 9.51. The second-order valence-corrected chi connectivity index (χ2v) is 5.34. The first-order valence-electron chi connectivity index (χ1n) is 7.05. The lowest BCUT2D eigenvalue weighted by molar-refractivity contribution is -0.137. The number of rotatable bonds is 5. The van der Waals surface area contributed by atoms with E-state index in [1.165, 1.54) is 0 Å². The zero-order valence-corrected chi connectivity index (χ0v) is 12.0. The Kier molecular flexibility index (Phi) is 4.42. The van der Waals surface area contributed by atoms with Crippen LogP contribution in [0.15, 0.2) is 6.07 Å². The smallest absolute Gasteiger partial charge is 0.303 e. The monoisotopic (exact) mass is 279 g/mol. The number of aromatic nitrogens is 2. The van der Waals surface area contributed by atoms with E-state index in [4.69, 9.17) is 5.11 Å². The van der Waals surface area contributed by atoms with Gasteiger partial charge in [-0.05, 0) is 31.2 Å². The molecule has 1 aliphatic heterocycles. The molecule has 6 nitrogen and oxygen atoms in total. The molecule has 1 saturated heterocycles. The van der Waals surface area contributed by atoms with E-state index >= 15 is 0 Å². The lowest BCUT2D eigenvalue weighted by Gasteiger charge is -2.16. The highest BCUT2D eigenvalue weighted by Crippen LogP contribution is 2.22. The minimum Gasteiger partial charge on any atom is -0.481 e. The van der Waals surface area contributed by atoms with Crippen LogP contribution in [0.4, 0.5) is 0 Å². The van der Waals surface area contributed by atoms with Gasteiger partial charge in [0, 0.05) is 26.6 Å². The Bertz CT molecular complexity index is 510. The van der Waals surface area contributed by atoms with Gasteiger partial charge in [-0.3, -0.25) is 14.3 Å². The van der Waals surface area contributed by atoms with Crippen LogP contribution in [0.25, 0.3) is 0 Å². The molecule has 2 heterocycles. The molecule has 1 amide bonds. The molecule has 0 saturated carbocycles. The van der Waals surface area contributed by atoms with Gasteiger partial charge >= 0.3 is 5.97 Å². The molecule has 0 radical (unpaired) electrons. The molecule has 1 aromatic heterocycles. The summed E-state index contributed by atoms with van der Waals surface area (Å²) < 4.78 is 1.63. The number of hydrogen-bond acceptors (Lipinski definition) is 3. The van der Waals surface area contributed by atoms with E-state index in [9.17, 15) is 9.59 Å². The number of aliphatic carboxylic acids is 1. The third kappa shape index (κ3) is 3.18. The maximum atomic E-state index is 12.4. The normalized spacial score (nSPS) is 18.5. The van der Waals surface area contributed by atoms with Crippen molar-refractivity contribution in [1.82, 2.24) is 14.7 Å². The maximum absolute atomic E-state index is 12.4. The Balaban J connectivity index is 1.97. The van der Waals surface area contributed by atoms with Crippen molar-refractivity contribution in [2.24, 2.45) is 13.0 Å². The zero-order chi connectivity index (χ0) is 14.7. The van der Waals surface area contributed by atoms with E-state index in [-0.39, 0.29) is 12.3 Å². The molecule has 0 aromatic carbocycles. The largest absolute Gasteiger partial charge is 0.481 e.